The van der Waals surface area contributed by atoms with Gasteiger partial charge in [0.1, 0.15) is 5.52 Å². The first-order valence-electron chi connectivity index (χ1n) is 6.94. The van der Waals surface area contributed by atoms with Gasteiger partial charge in [-0.15, -0.1) is 0 Å². The van der Waals surface area contributed by atoms with Gasteiger partial charge in [0.15, 0.2) is 11.5 Å². The zero-order valence-corrected chi connectivity index (χ0v) is 12.8. The molecule has 1 heterocycles. The fourth-order valence-corrected chi connectivity index (χ4v) is 2.76. The molecule has 0 radical (unpaired) electrons. The number of fused-ring (bicyclic) bond motifs is 1. The molecule has 4 heteroatoms. The Balaban J connectivity index is 1.87. The SMILES string of the molecule is Cc1cc(Cl)cc2nc(CC(C)c3ccc(N)cc3)oc12. The van der Waals surface area contributed by atoms with E-state index < -0.39 is 0 Å². The van der Waals surface area contributed by atoms with Crippen LogP contribution in [0.25, 0.3) is 11.1 Å². The van der Waals surface area contributed by atoms with Crippen LogP contribution in [0, 0.1) is 6.92 Å². The van der Waals surface area contributed by atoms with Gasteiger partial charge in [-0.3, -0.25) is 0 Å². The summed E-state index contributed by atoms with van der Waals surface area (Å²) in [6.45, 7) is 4.13. The largest absolute Gasteiger partial charge is 0.440 e. The number of halogens is 1. The molecular formula is C17H17ClN2O. The van der Waals surface area contributed by atoms with E-state index in [0.717, 1.165) is 34.7 Å². The lowest BCUT2D eigenvalue weighted by molar-refractivity contribution is 0.506. The van der Waals surface area contributed by atoms with E-state index in [2.05, 4.69) is 11.9 Å². The fourth-order valence-electron chi connectivity index (χ4n) is 2.49. The maximum absolute atomic E-state index is 6.06. The molecule has 0 aliphatic heterocycles. The Morgan fingerprint density at radius 3 is 2.67 bits per heavy atom. The highest BCUT2D eigenvalue weighted by Gasteiger charge is 2.13. The Labute approximate surface area is 128 Å². The number of benzene rings is 2. The Morgan fingerprint density at radius 2 is 1.95 bits per heavy atom. The third-order valence-corrected chi connectivity index (χ3v) is 3.89. The van der Waals surface area contributed by atoms with Gasteiger partial charge >= 0.3 is 0 Å². The lowest BCUT2D eigenvalue weighted by Gasteiger charge is -2.09. The summed E-state index contributed by atoms with van der Waals surface area (Å²) in [5.41, 5.74) is 10.4. The van der Waals surface area contributed by atoms with Crippen LogP contribution in [0.15, 0.2) is 40.8 Å². The van der Waals surface area contributed by atoms with Crippen LogP contribution in [-0.4, -0.2) is 4.98 Å². The fraction of sp³-hybridized carbons (Fsp3) is 0.235. The summed E-state index contributed by atoms with van der Waals surface area (Å²) < 4.78 is 5.88. The molecule has 0 fully saturated rings. The van der Waals surface area contributed by atoms with Crippen LogP contribution in [0.4, 0.5) is 5.69 Å². The van der Waals surface area contributed by atoms with Gasteiger partial charge < -0.3 is 10.2 Å². The van der Waals surface area contributed by atoms with E-state index in [9.17, 15) is 0 Å². The first-order valence-corrected chi connectivity index (χ1v) is 7.31. The summed E-state index contributed by atoms with van der Waals surface area (Å²) >= 11 is 6.06. The molecule has 1 unspecified atom stereocenters. The zero-order valence-electron chi connectivity index (χ0n) is 12.1. The van der Waals surface area contributed by atoms with E-state index in [-0.39, 0.29) is 0 Å². The van der Waals surface area contributed by atoms with E-state index in [1.165, 1.54) is 5.56 Å². The summed E-state index contributed by atoms with van der Waals surface area (Å²) in [5.74, 6) is 1.05. The number of hydrogen-bond acceptors (Lipinski definition) is 3. The minimum atomic E-state index is 0.314. The van der Waals surface area contributed by atoms with Crippen LogP contribution in [0.5, 0.6) is 0 Å². The number of nitrogen functional groups attached to an aromatic ring is 1. The van der Waals surface area contributed by atoms with E-state index in [4.69, 9.17) is 21.8 Å². The number of anilines is 1. The average molecular weight is 301 g/mol. The van der Waals surface area contributed by atoms with Crippen LogP contribution in [0.2, 0.25) is 5.02 Å². The van der Waals surface area contributed by atoms with Crippen molar-refractivity contribution in [3.05, 3.63) is 58.4 Å². The highest BCUT2D eigenvalue weighted by molar-refractivity contribution is 6.31. The van der Waals surface area contributed by atoms with E-state index in [1.807, 2.05) is 43.3 Å². The number of aromatic nitrogens is 1. The van der Waals surface area contributed by atoms with Crippen LogP contribution >= 0.6 is 11.6 Å². The normalized spacial score (nSPS) is 12.7. The topological polar surface area (TPSA) is 52.0 Å². The molecule has 0 amide bonds. The molecule has 21 heavy (non-hydrogen) atoms. The third kappa shape index (κ3) is 2.88. The minimum Gasteiger partial charge on any atom is -0.440 e. The average Bonchev–Trinajstić information content (AvgIpc) is 2.82. The lowest BCUT2D eigenvalue weighted by atomic mass is 9.98. The highest BCUT2D eigenvalue weighted by Crippen LogP contribution is 2.27. The maximum Gasteiger partial charge on any atom is 0.196 e. The molecule has 3 rings (SSSR count). The maximum atomic E-state index is 6.06. The molecule has 3 nitrogen and oxygen atoms in total. The van der Waals surface area contributed by atoms with Gasteiger partial charge in [0, 0.05) is 17.1 Å². The minimum absolute atomic E-state index is 0.314. The molecule has 0 aliphatic rings. The zero-order chi connectivity index (χ0) is 15.0. The van der Waals surface area contributed by atoms with Gasteiger partial charge in [-0.1, -0.05) is 30.7 Å². The van der Waals surface area contributed by atoms with Gasteiger partial charge in [-0.2, -0.15) is 0 Å². The smallest absolute Gasteiger partial charge is 0.196 e. The molecule has 0 aliphatic carbocycles. The van der Waals surface area contributed by atoms with Gasteiger partial charge in [-0.25, -0.2) is 4.98 Å². The van der Waals surface area contributed by atoms with Crippen molar-refractivity contribution in [3.63, 3.8) is 0 Å². The standard InChI is InChI=1S/C17H17ClN2O/c1-10(12-3-5-14(19)6-4-12)8-16-20-15-9-13(18)7-11(2)17(15)21-16/h3-7,9-10H,8,19H2,1-2H3. The van der Waals surface area contributed by atoms with Gasteiger partial charge in [0.25, 0.3) is 0 Å². The number of nitrogens with two attached hydrogens (primary N) is 1. The molecule has 0 saturated heterocycles. The van der Waals surface area contributed by atoms with Crippen molar-refractivity contribution in [2.24, 2.45) is 0 Å². The number of oxazole rings is 1. The lowest BCUT2D eigenvalue weighted by Crippen LogP contribution is -1.99. The van der Waals surface area contributed by atoms with E-state index in [0.29, 0.717) is 10.9 Å². The Kier molecular flexibility index (Phi) is 3.60. The van der Waals surface area contributed by atoms with E-state index in [1.54, 1.807) is 0 Å². The van der Waals surface area contributed by atoms with E-state index >= 15 is 0 Å². The first kappa shape index (κ1) is 14.0. The number of nitrogens with zero attached hydrogens (tertiary/aromatic N) is 1. The van der Waals surface area contributed by atoms with Gasteiger partial charge in [0.2, 0.25) is 0 Å². The molecule has 1 atom stereocenters. The molecule has 2 N–H and O–H groups in total. The Morgan fingerprint density at radius 1 is 1.24 bits per heavy atom. The molecule has 0 bridgehead atoms. The van der Waals surface area contributed by atoms with Crippen molar-refractivity contribution in [2.75, 3.05) is 5.73 Å². The van der Waals surface area contributed by atoms with Crippen molar-refractivity contribution < 1.29 is 4.42 Å². The third-order valence-electron chi connectivity index (χ3n) is 3.67. The molecule has 1 aromatic heterocycles. The molecule has 108 valence electrons. The molecule has 0 saturated carbocycles. The van der Waals surface area contributed by atoms with Crippen LogP contribution in [0.1, 0.15) is 29.9 Å². The second-order valence-electron chi connectivity index (χ2n) is 5.45. The molecular weight excluding hydrogens is 284 g/mol. The van der Waals surface area contributed by atoms with Crippen LogP contribution < -0.4 is 5.73 Å². The van der Waals surface area contributed by atoms with Crippen LogP contribution in [0.3, 0.4) is 0 Å². The predicted molar refractivity (Wildman–Crippen MR) is 86.7 cm³/mol. The summed E-state index contributed by atoms with van der Waals surface area (Å²) in [7, 11) is 0. The van der Waals surface area contributed by atoms with Crippen LogP contribution in [-0.2, 0) is 6.42 Å². The predicted octanol–water partition coefficient (Wildman–Crippen LogP) is 4.72. The first-order chi connectivity index (χ1) is 10.0. The van der Waals surface area contributed by atoms with Crippen molar-refractivity contribution in [2.45, 2.75) is 26.2 Å². The number of hydrogen-bond donors (Lipinski definition) is 1. The Hall–Kier alpha value is -2.00. The summed E-state index contributed by atoms with van der Waals surface area (Å²) in [6.07, 6.45) is 0.746. The molecule has 0 spiro atoms. The molecule has 2 aromatic carbocycles. The quantitative estimate of drug-likeness (QED) is 0.712. The molecule has 3 aromatic rings. The second kappa shape index (κ2) is 5.41. The highest BCUT2D eigenvalue weighted by atomic mass is 35.5. The van der Waals surface area contributed by atoms with Crippen molar-refractivity contribution in [1.82, 2.24) is 4.98 Å². The van der Waals surface area contributed by atoms with Crippen molar-refractivity contribution in [1.29, 1.82) is 0 Å². The Bertz CT molecular complexity index is 777. The summed E-state index contributed by atoms with van der Waals surface area (Å²) in [4.78, 5) is 4.54. The second-order valence-corrected chi connectivity index (χ2v) is 5.89. The van der Waals surface area contributed by atoms with Gasteiger partial charge in [0.05, 0.1) is 0 Å². The monoisotopic (exact) mass is 300 g/mol. The number of rotatable bonds is 3. The summed E-state index contributed by atoms with van der Waals surface area (Å²) in [6, 6.07) is 11.7. The van der Waals surface area contributed by atoms with Gasteiger partial charge in [-0.05, 0) is 48.2 Å². The number of aryl methyl sites for hydroxylation is 1. The van der Waals surface area contributed by atoms with Crippen molar-refractivity contribution >= 4 is 28.4 Å². The van der Waals surface area contributed by atoms with Crippen molar-refractivity contribution in [3.8, 4) is 0 Å². The summed E-state index contributed by atoms with van der Waals surface area (Å²) in [5, 5.41) is 0.687.